The first-order chi connectivity index (χ1) is 10.7. The van der Waals surface area contributed by atoms with E-state index in [9.17, 15) is 4.39 Å². The van der Waals surface area contributed by atoms with E-state index in [0.29, 0.717) is 0 Å². The maximum absolute atomic E-state index is 13.1. The van der Waals surface area contributed by atoms with E-state index >= 15 is 0 Å². The minimum atomic E-state index is -0.188. The van der Waals surface area contributed by atoms with E-state index < -0.39 is 0 Å². The first-order valence-electron chi connectivity index (χ1n) is 7.89. The van der Waals surface area contributed by atoms with Crippen LogP contribution in [0.3, 0.4) is 0 Å². The van der Waals surface area contributed by atoms with Gasteiger partial charge in [0.05, 0.1) is 24.1 Å². The molecule has 1 aliphatic carbocycles. The van der Waals surface area contributed by atoms with Crippen LogP contribution >= 0.6 is 0 Å². The molecule has 0 unspecified atom stereocenters. The highest BCUT2D eigenvalue weighted by Crippen LogP contribution is 2.47. The number of rotatable bonds is 2. The third-order valence-electron chi connectivity index (χ3n) is 5.17. The van der Waals surface area contributed by atoms with Gasteiger partial charge in [-0.2, -0.15) is 0 Å². The zero-order valence-corrected chi connectivity index (χ0v) is 12.6. The lowest BCUT2D eigenvalue weighted by molar-refractivity contribution is 0.173. The summed E-state index contributed by atoms with van der Waals surface area (Å²) in [5.41, 5.74) is 3.55. The van der Waals surface area contributed by atoms with Gasteiger partial charge < -0.3 is 9.47 Å². The first kappa shape index (κ1) is 13.6. The van der Waals surface area contributed by atoms with Crippen molar-refractivity contribution in [3.05, 3.63) is 66.1 Å². The Balaban J connectivity index is 1.67. The molecule has 1 saturated carbocycles. The number of hydrogen-bond acceptors (Lipinski definition) is 2. The molecule has 0 saturated heterocycles. The van der Waals surface area contributed by atoms with Crippen LogP contribution in [0.4, 0.5) is 4.39 Å². The maximum Gasteiger partial charge on any atom is 0.123 e. The Morgan fingerprint density at radius 2 is 1.91 bits per heavy atom. The van der Waals surface area contributed by atoms with Crippen LogP contribution in [0.5, 0.6) is 0 Å². The van der Waals surface area contributed by atoms with Gasteiger partial charge in [-0.1, -0.05) is 31.6 Å². The molecule has 0 amide bonds. The number of imidazole rings is 1. The van der Waals surface area contributed by atoms with Gasteiger partial charge >= 0.3 is 0 Å². The summed E-state index contributed by atoms with van der Waals surface area (Å²) in [6.07, 6.45) is 8.66. The van der Waals surface area contributed by atoms with Gasteiger partial charge in [-0.25, -0.2) is 9.37 Å². The van der Waals surface area contributed by atoms with Crippen molar-refractivity contribution in [2.24, 2.45) is 0 Å². The Bertz CT molecular complexity index is 695. The van der Waals surface area contributed by atoms with Crippen molar-refractivity contribution in [2.75, 3.05) is 0 Å². The van der Waals surface area contributed by atoms with Gasteiger partial charge in [0, 0.05) is 18.4 Å². The van der Waals surface area contributed by atoms with Gasteiger partial charge in [0.2, 0.25) is 0 Å². The Morgan fingerprint density at radius 3 is 2.64 bits per heavy atom. The summed E-state index contributed by atoms with van der Waals surface area (Å²) in [4.78, 5) is 6.68. The highest BCUT2D eigenvalue weighted by atomic mass is 19.1. The van der Waals surface area contributed by atoms with Crippen molar-refractivity contribution in [2.45, 2.75) is 44.3 Å². The highest BCUT2D eigenvalue weighted by Gasteiger charge is 2.44. The van der Waals surface area contributed by atoms with Crippen LogP contribution in [0.1, 0.15) is 36.9 Å². The van der Waals surface area contributed by atoms with Crippen LogP contribution in [-0.2, 0) is 18.6 Å². The number of nitrogens with zero attached hydrogens (tertiary/aromatic N) is 3. The molecule has 3 nitrogen and oxygen atoms in total. The van der Waals surface area contributed by atoms with Gasteiger partial charge in [0.1, 0.15) is 5.82 Å². The third-order valence-corrected chi connectivity index (χ3v) is 5.17. The summed E-state index contributed by atoms with van der Waals surface area (Å²) in [6.45, 7) is 6.01. The molecule has 0 bridgehead atoms. The number of fused-ring (bicyclic) bond motifs is 2. The zero-order chi connectivity index (χ0) is 15.2. The minimum absolute atomic E-state index is 0.00408. The van der Waals surface area contributed by atoms with E-state index in [-0.39, 0.29) is 11.4 Å². The molecule has 22 heavy (non-hydrogen) atoms. The quantitative estimate of drug-likeness (QED) is 0.840. The van der Waals surface area contributed by atoms with E-state index in [1.165, 1.54) is 36.4 Å². The van der Waals surface area contributed by atoms with Crippen LogP contribution in [-0.4, -0.2) is 14.5 Å². The van der Waals surface area contributed by atoms with E-state index in [4.69, 9.17) is 0 Å². The highest BCUT2D eigenvalue weighted by molar-refractivity contribution is 5.26. The predicted octanol–water partition coefficient (Wildman–Crippen LogP) is 3.82. The number of allylic oxidation sites excluding steroid dienone is 1. The molecular formula is C18H20FN3. The summed E-state index contributed by atoms with van der Waals surface area (Å²) in [7, 11) is 0. The molecule has 1 aromatic heterocycles. The van der Waals surface area contributed by atoms with Crippen LogP contribution in [0.25, 0.3) is 0 Å². The van der Waals surface area contributed by atoms with Crippen molar-refractivity contribution in [1.82, 2.24) is 14.5 Å². The molecule has 1 spiro atoms. The summed E-state index contributed by atoms with van der Waals surface area (Å²) in [6, 6.07) is 6.76. The topological polar surface area (TPSA) is 21.1 Å². The smallest absolute Gasteiger partial charge is 0.123 e. The normalized spacial score (nSPS) is 19.7. The van der Waals surface area contributed by atoms with Crippen molar-refractivity contribution in [3.63, 3.8) is 0 Å². The lowest BCUT2D eigenvalue weighted by atomic mass is 9.89. The fraction of sp³-hybridized carbons (Fsp3) is 0.389. The Labute approximate surface area is 130 Å². The number of halogens is 1. The second kappa shape index (κ2) is 4.97. The van der Waals surface area contributed by atoms with Crippen molar-refractivity contribution in [3.8, 4) is 0 Å². The van der Waals surface area contributed by atoms with Crippen LogP contribution < -0.4 is 0 Å². The van der Waals surface area contributed by atoms with Gasteiger partial charge in [-0.15, -0.1) is 0 Å². The number of benzene rings is 1. The average Bonchev–Trinajstić information content (AvgIpc) is 3.17. The Morgan fingerprint density at radius 1 is 1.18 bits per heavy atom. The molecule has 4 rings (SSSR count). The molecule has 1 aromatic carbocycles. The second-order valence-electron chi connectivity index (χ2n) is 6.42. The van der Waals surface area contributed by atoms with Crippen LogP contribution in [0.2, 0.25) is 0 Å². The molecule has 4 heteroatoms. The summed E-state index contributed by atoms with van der Waals surface area (Å²) >= 11 is 0. The lowest BCUT2D eigenvalue weighted by Crippen LogP contribution is -2.45. The molecule has 0 N–H and O–H groups in total. The first-order valence-corrected chi connectivity index (χ1v) is 7.89. The van der Waals surface area contributed by atoms with Gasteiger partial charge in [-0.3, -0.25) is 0 Å². The zero-order valence-electron chi connectivity index (χ0n) is 12.6. The largest absolute Gasteiger partial charge is 0.363 e. The summed E-state index contributed by atoms with van der Waals surface area (Å²) in [5, 5.41) is 0. The van der Waals surface area contributed by atoms with Crippen molar-refractivity contribution >= 4 is 0 Å². The van der Waals surface area contributed by atoms with Crippen LogP contribution in [0.15, 0.2) is 49.1 Å². The minimum Gasteiger partial charge on any atom is -0.363 e. The van der Waals surface area contributed by atoms with E-state index in [0.717, 1.165) is 31.5 Å². The van der Waals surface area contributed by atoms with E-state index in [2.05, 4.69) is 21.0 Å². The third kappa shape index (κ3) is 1.97. The summed E-state index contributed by atoms with van der Waals surface area (Å²) < 4.78 is 15.4. The predicted molar refractivity (Wildman–Crippen MR) is 83.5 cm³/mol. The fourth-order valence-corrected chi connectivity index (χ4v) is 4.00. The fourth-order valence-electron chi connectivity index (χ4n) is 4.00. The second-order valence-corrected chi connectivity index (χ2v) is 6.42. The van der Waals surface area contributed by atoms with Gasteiger partial charge in [-0.05, 0) is 30.5 Å². The maximum atomic E-state index is 13.1. The van der Waals surface area contributed by atoms with Crippen LogP contribution in [0, 0.1) is 5.82 Å². The molecule has 2 aromatic rings. The molecule has 0 atom stereocenters. The van der Waals surface area contributed by atoms with Gasteiger partial charge in [0.15, 0.2) is 0 Å². The lowest BCUT2D eigenvalue weighted by Gasteiger charge is -2.45. The van der Waals surface area contributed by atoms with Crippen molar-refractivity contribution < 1.29 is 4.39 Å². The molecular weight excluding hydrogens is 277 g/mol. The molecule has 1 fully saturated rings. The molecule has 114 valence electrons. The van der Waals surface area contributed by atoms with Gasteiger partial charge in [0.25, 0.3) is 0 Å². The van der Waals surface area contributed by atoms with E-state index in [1.54, 1.807) is 0 Å². The molecule has 1 aliphatic heterocycles. The Hall–Kier alpha value is -2.10. The molecule has 0 radical (unpaired) electrons. The number of hydrogen-bond donors (Lipinski definition) is 0. The number of aromatic nitrogens is 2. The average molecular weight is 297 g/mol. The Kier molecular flexibility index (Phi) is 3.06. The van der Waals surface area contributed by atoms with Crippen molar-refractivity contribution in [1.29, 1.82) is 0 Å². The molecule has 2 aliphatic rings. The standard InChI is InChI=1S/C18H20FN3/c1-14-18(8-2-3-9-18)22-13-20-10-17(22)12-21(14)11-15-4-6-16(19)7-5-15/h4-7,10,13H,1-3,8-9,11-12H2. The summed E-state index contributed by atoms with van der Waals surface area (Å²) in [5.74, 6) is -0.188. The monoisotopic (exact) mass is 297 g/mol. The molecule has 2 heterocycles. The van der Waals surface area contributed by atoms with E-state index in [1.807, 2.05) is 24.7 Å². The SMILES string of the molecule is C=C1N(Cc2ccc(F)cc2)Cc2cncn2C12CCCC2.